The van der Waals surface area contributed by atoms with Gasteiger partial charge in [0.1, 0.15) is 0 Å². The highest BCUT2D eigenvalue weighted by atomic mass is 16.4. The maximum Gasteiger partial charge on any atom is 0.303 e. The molecule has 0 bridgehead atoms. The van der Waals surface area contributed by atoms with Crippen molar-refractivity contribution in [3.8, 4) is 0 Å². The Morgan fingerprint density at radius 3 is 2.44 bits per heavy atom. The molecule has 0 aliphatic carbocycles. The molecule has 1 rings (SSSR count). The zero-order valence-electron chi connectivity index (χ0n) is 10.8. The minimum atomic E-state index is -0.840. The van der Waals surface area contributed by atoms with Crippen molar-refractivity contribution in [2.24, 2.45) is 0 Å². The summed E-state index contributed by atoms with van der Waals surface area (Å²) in [6.45, 7) is 4.05. The molecular formula is C14H19NO3. The normalized spacial score (nSPS) is 11.9. The van der Waals surface area contributed by atoms with Crippen molar-refractivity contribution < 1.29 is 14.7 Å². The zero-order chi connectivity index (χ0) is 13.5. The molecule has 4 nitrogen and oxygen atoms in total. The van der Waals surface area contributed by atoms with Crippen LogP contribution in [-0.4, -0.2) is 23.5 Å². The molecule has 0 aliphatic rings. The summed E-state index contributed by atoms with van der Waals surface area (Å²) in [5, 5.41) is 11.4. The van der Waals surface area contributed by atoms with Gasteiger partial charge >= 0.3 is 5.97 Å². The van der Waals surface area contributed by atoms with E-state index in [0.29, 0.717) is 19.3 Å². The van der Waals surface area contributed by atoms with Crippen LogP contribution in [0.25, 0.3) is 0 Å². The highest BCUT2D eigenvalue weighted by Gasteiger charge is 2.11. The van der Waals surface area contributed by atoms with Crippen LogP contribution in [0.2, 0.25) is 0 Å². The van der Waals surface area contributed by atoms with Crippen LogP contribution in [0, 0.1) is 13.8 Å². The van der Waals surface area contributed by atoms with E-state index in [1.54, 1.807) is 0 Å². The van der Waals surface area contributed by atoms with Gasteiger partial charge in [0, 0.05) is 12.5 Å². The van der Waals surface area contributed by atoms with Crippen molar-refractivity contribution >= 4 is 12.4 Å². The monoisotopic (exact) mass is 249 g/mol. The lowest BCUT2D eigenvalue weighted by Crippen LogP contribution is -2.30. The van der Waals surface area contributed by atoms with Crippen molar-refractivity contribution in [1.82, 2.24) is 5.32 Å². The molecule has 1 atom stereocenters. The van der Waals surface area contributed by atoms with E-state index in [9.17, 15) is 9.59 Å². The van der Waals surface area contributed by atoms with Crippen molar-refractivity contribution in [1.29, 1.82) is 0 Å². The van der Waals surface area contributed by atoms with Crippen LogP contribution in [-0.2, 0) is 16.0 Å². The summed E-state index contributed by atoms with van der Waals surface area (Å²) in [6.07, 6.45) is 1.81. The first kappa shape index (κ1) is 14.2. The molecule has 0 fully saturated rings. The fourth-order valence-electron chi connectivity index (χ4n) is 2.11. The summed E-state index contributed by atoms with van der Waals surface area (Å²) in [5.41, 5.74) is 3.47. The quantitative estimate of drug-likeness (QED) is 0.724. The second-order valence-corrected chi connectivity index (χ2v) is 4.61. The molecule has 1 aromatic rings. The number of rotatable bonds is 7. The third-order valence-electron chi connectivity index (χ3n) is 2.77. The molecule has 1 amide bonds. The zero-order valence-corrected chi connectivity index (χ0v) is 10.8. The second kappa shape index (κ2) is 6.79. The Labute approximate surface area is 107 Å². The Kier molecular flexibility index (Phi) is 5.36. The molecule has 98 valence electrons. The fourth-order valence-corrected chi connectivity index (χ4v) is 2.11. The number of aryl methyl sites for hydroxylation is 2. The Balaban J connectivity index is 2.69. The average molecular weight is 249 g/mol. The first-order valence-corrected chi connectivity index (χ1v) is 6.00. The van der Waals surface area contributed by atoms with E-state index in [1.807, 2.05) is 13.8 Å². The number of carbonyl (C=O) groups is 2. The van der Waals surface area contributed by atoms with Gasteiger partial charge in [-0.3, -0.25) is 9.59 Å². The Morgan fingerprint density at radius 1 is 1.33 bits per heavy atom. The first-order valence-electron chi connectivity index (χ1n) is 6.00. The highest BCUT2D eigenvalue weighted by molar-refractivity contribution is 5.66. The molecule has 0 aliphatic heterocycles. The molecule has 1 unspecified atom stereocenters. The van der Waals surface area contributed by atoms with Gasteiger partial charge in [0.25, 0.3) is 0 Å². The molecule has 1 aromatic carbocycles. The maximum atomic E-state index is 10.6. The second-order valence-electron chi connectivity index (χ2n) is 4.61. The molecule has 0 saturated carbocycles. The Hall–Kier alpha value is -1.84. The molecule has 0 heterocycles. The number of amides is 1. The van der Waals surface area contributed by atoms with Gasteiger partial charge in [-0.05, 0) is 32.3 Å². The molecule has 0 spiro atoms. The van der Waals surface area contributed by atoms with Gasteiger partial charge in [0.15, 0.2) is 0 Å². The number of carboxylic acids is 1. The minimum absolute atomic E-state index is 0.0658. The predicted molar refractivity (Wildman–Crippen MR) is 69.5 cm³/mol. The van der Waals surface area contributed by atoms with Gasteiger partial charge in [0.05, 0.1) is 0 Å². The highest BCUT2D eigenvalue weighted by Crippen LogP contribution is 2.12. The van der Waals surface area contributed by atoms with Crippen LogP contribution in [0.1, 0.15) is 29.5 Å². The molecule has 18 heavy (non-hydrogen) atoms. The molecule has 0 saturated heterocycles. The molecule has 0 radical (unpaired) electrons. The number of carboxylic acid groups (broad SMARTS) is 1. The smallest absolute Gasteiger partial charge is 0.303 e. The van der Waals surface area contributed by atoms with Gasteiger partial charge in [-0.1, -0.05) is 29.3 Å². The SMILES string of the molecule is Cc1cc(C)cc(CC(CCC(=O)O)NC=O)c1. The molecular weight excluding hydrogens is 230 g/mol. The van der Waals surface area contributed by atoms with Gasteiger partial charge in [-0.25, -0.2) is 0 Å². The lowest BCUT2D eigenvalue weighted by atomic mass is 9.98. The maximum absolute atomic E-state index is 10.6. The van der Waals surface area contributed by atoms with E-state index >= 15 is 0 Å². The van der Waals surface area contributed by atoms with Gasteiger partial charge in [-0.2, -0.15) is 0 Å². The number of carbonyl (C=O) groups excluding carboxylic acids is 1. The van der Waals surface area contributed by atoms with Crippen LogP contribution in [0.4, 0.5) is 0 Å². The molecule has 4 heteroatoms. The van der Waals surface area contributed by atoms with Crippen molar-refractivity contribution in [2.45, 2.75) is 39.2 Å². The molecule has 0 aromatic heterocycles. The summed E-state index contributed by atoms with van der Waals surface area (Å²) in [7, 11) is 0. The number of aliphatic carboxylic acids is 1. The summed E-state index contributed by atoms with van der Waals surface area (Å²) < 4.78 is 0. The Bertz CT molecular complexity index is 409. The summed E-state index contributed by atoms with van der Waals surface area (Å²) in [4.78, 5) is 21.1. The van der Waals surface area contributed by atoms with Crippen LogP contribution in [0.5, 0.6) is 0 Å². The van der Waals surface area contributed by atoms with Crippen LogP contribution in [0.15, 0.2) is 18.2 Å². The third kappa shape index (κ3) is 4.99. The summed E-state index contributed by atoms with van der Waals surface area (Å²) in [6, 6.07) is 6.09. The number of benzene rings is 1. The standard InChI is InChI=1S/C14H19NO3/c1-10-5-11(2)7-12(6-10)8-13(15-9-16)3-4-14(17)18/h5-7,9,13H,3-4,8H2,1-2H3,(H,15,16)(H,17,18). The van der Waals surface area contributed by atoms with Gasteiger partial charge in [-0.15, -0.1) is 0 Å². The topological polar surface area (TPSA) is 66.4 Å². The van der Waals surface area contributed by atoms with E-state index in [0.717, 1.165) is 5.56 Å². The summed E-state index contributed by atoms with van der Waals surface area (Å²) >= 11 is 0. The largest absolute Gasteiger partial charge is 0.481 e. The lowest BCUT2D eigenvalue weighted by Gasteiger charge is -2.16. The lowest BCUT2D eigenvalue weighted by molar-refractivity contribution is -0.137. The predicted octanol–water partition coefficient (Wildman–Crippen LogP) is 1.83. The minimum Gasteiger partial charge on any atom is -0.481 e. The van der Waals surface area contributed by atoms with E-state index in [1.165, 1.54) is 11.1 Å². The number of hydrogen-bond acceptors (Lipinski definition) is 2. The fraction of sp³-hybridized carbons (Fsp3) is 0.429. The van der Waals surface area contributed by atoms with Gasteiger partial charge in [0.2, 0.25) is 6.41 Å². The van der Waals surface area contributed by atoms with E-state index < -0.39 is 5.97 Å². The molecule has 2 N–H and O–H groups in total. The third-order valence-corrected chi connectivity index (χ3v) is 2.77. The van der Waals surface area contributed by atoms with Crippen LogP contribution >= 0.6 is 0 Å². The summed E-state index contributed by atoms with van der Waals surface area (Å²) in [5.74, 6) is -0.840. The van der Waals surface area contributed by atoms with E-state index in [4.69, 9.17) is 5.11 Å². The van der Waals surface area contributed by atoms with Crippen molar-refractivity contribution in [3.63, 3.8) is 0 Å². The first-order chi connectivity index (χ1) is 8.51. The number of hydrogen-bond donors (Lipinski definition) is 2. The van der Waals surface area contributed by atoms with Crippen LogP contribution in [0.3, 0.4) is 0 Å². The Morgan fingerprint density at radius 2 is 1.94 bits per heavy atom. The van der Waals surface area contributed by atoms with E-state index in [-0.39, 0.29) is 12.5 Å². The average Bonchev–Trinajstić information content (AvgIpc) is 2.24. The van der Waals surface area contributed by atoms with Gasteiger partial charge < -0.3 is 10.4 Å². The number of nitrogens with one attached hydrogen (secondary N) is 1. The van der Waals surface area contributed by atoms with Crippen LogP contribution < -0.4 is 5.32 Å². The van der Waals surface area contributed by atoms with Crippen molar-refractivity contribution in [2.75, 3.05) is 0 Å². The van der Waals surface area contributed by atoms with E-state index in [2.05, 4.69) is 23.5 Å². The van der Waals surface area contributed by atoms with Crippen molar-refractivity contribution in [3.05, 3.63) is 34.9 Å².